The van der Waals surface area contributed by atoms with E-state index < -0.39 is 0 Å². The van der Waals surface area contributed by atoms with Crippen molar-refractivity contribution in [3.05, 3.63) is 59.8 Å². The molecule has 0 aromatic heterocycles. The summed E-state index contributed by atoms with van der Waals surface area (Å²) >= 11 is 0. The Bertz CT molecular complexity index is 978. The first-order chi connectivity index (χ1) is 14.7. The fourth-order valence-electron chi connectivity index (χ4n) is 4.03. The van der Waals surface area contributed by atoms with Crippen molar-refractivity contribution < 1.29 is 19.1 Å². The molecule has 2 aliphatic heterocycles. The summed E-state index contributed by atoms with van der Waals surface area (Å²) in [5, 5.41) is 0. The third-order valence-corrected chi connectivity index (χ3v) is 5.33. The van der Waals surface area contributed by atoms with Gasteiger partial charge in [-0.15, -0.1) is 0 Å². The maximum Gasteiger partial charge on any atom is 0.282 e. The number of rotatable bonds is 7. The highest BCUT2D eigenvalue weighted by Gasteiger charge is 2.43. The topological polar surface area (TPSA) is 59.1 Å². The summed E-state index contributed by atoms with van der Waals surface area (Å²) < 4.78 is 11.3. The van der Waals surface area contributed by atoms with Crippen LogP contribution in [0.2, 0.25) is 0 Å². The fraction of sp³-hybridized carbons (Fsp3) is 0.333. The Kier molecular flexibility index (Phi) is 5.74. The molecule has 0 spiro atoms. The summed E-state index contributed by atoms with van der Waals surface area (Å²) in [5.41, 5.74) is 2.21. The first-order valence-electron chi connectivity index (χ1n) is 10.5. The average Bonchev–Trinajstić information content (AvgIpc) is 3.36. The summed E-state index contributed by atoms with van der Waals surface area (Å²) in [6.45, 7) is 6.31. The summed E-state index contributed by atoms with van der Waals surface area (Å²) in [6, 6.07) is 14.6. The molecule has 0 bridgehead atoms. The number of benzene rings is 2. The summed E-state index contributed by atoms with van der Waals surface area (Å²) in [4.78, 5) is 30.3. The lowest BCUT2D eigenvalue weighted by Gasteiger charge is -2.21. The van der Waals surface area contributed by atoms with Crippen molar-refractivity contribution in [1.82, 2.24) is 4.90 Å². The molecule has 0 radical (unpaired) electrons. The minimum absolute atomic E-state index is 0.285. The Labute approximate surface area is 176 Å². The number of ether oxygens (including phenoxy) is 2. The second-order valence-corrected chi connectivity index (χ2v) is 7.23. The van der Waals surface area contributed by atoms with Gasteiger partial charge in [-0.05, 0) is 44.4 Å². The Morgan fingerprint density at radius 2 is 1.50 bits per heavy atom. The molecule has 1 fully saturated rings. The zero-order valence-corrected chi connectivity index (χ0v) is 17.4. The smallest absolute Gasteiger partial charge is 0.282 e. The van der Waals surface area contributed by atoms with E-state index in [0.717, 1.165) is 31.5 Å². The number of amides is 2. The molecule has 0 atom stereocenters. The van der Waals surface area contributed by atoms with Crippen molar-refractivity contribution in [2.75, 3.05) is 31.2 Å². The summed E-state index contributed by atoms with van der Waals surface area (Å²) in [6.07, 6.45) is 2.04. The molecule has 6 heteroatoms. The Morgan fingerprint density at radius 3 is 2.17 bits per heavy atom. The van der Waals surface area contributed by atoms with Crippen LogP contribution in [0.4, 0.5) is 5.69 Å². The predicted molar refractivity (Wildman–Crippen MR) is 115 cm³/mol. The van der Waals surface area contributed by atoms with E-state index >= 15 is 0 Å². The van der Waals surface area contributed by atoms with Gasteiger partial charge in [0.1, 0.15) is 5.70 Å². The maximum absolute atomic E-state index is 13.5. The standard InChI is InChI=1S/C24H26N2O4/c1-3-29-19-13-12-18(16-20(19)30-4-2)26-23(27)21(17-10-6-5-7-11-17)22(24(26)28)25-14-8-9-15-25/h5-7,10-13,16H,3-4,8-9,14-15H2,1-2H3. The normalized spacial score (nSPS) is 16.6. The van der Waals surface area contributed by atoms with Gasteiger partial charge in [0, 0.05) is 19.2 Å². The van der Waals surface area contributed by atoms with Crippen LogP contribution in [0.25, 0.3) is 5.57 Å². The molecule has 6 nitrogen and oxygen atoms in total. The van der Waals surface area contributed by atoms with E-state index in [2.05, 4.69) is 0 Å². The van der Waals surface area contributed by atoms with Crippen LogP contribution >= 0.6 is 0 Å². The SMILES string of the molecule is CCOc1ccc(N2C(=O)C(c3ccccc3)=C(N3CCCC3)C2=O)cc1OCC. The first kappa shape index (κ1) is 20.0. The first-order valence-corrected chi connectivity index (χ1v) is 10.5. The second kappa shape index (κ2) is 8.61. The van der Waals surface area contributed by atoms with Gasteiger partial charge in [0.15, 0.2) is 11.5 Å². The summed E-state index contributed by atoms with van der Waals surface area (Å²) in [5.74, 6) is 0.526. The van der Waals surface area contributed by atoms with Gasteiger partial charge in [-0.1, -0.05) is 30.3 Å². The predicted octanol–water partition coefficient (Wildman–Crippen LogP) is 3.86. The molecule has 2 aliphatic rings. The van der Waals surface area contributed by atoms with Crippen molar-refractivity contribution >= 4 is 23.1 Å². The van der Waals surface area contributed by atoms with Gasteiger partial charge in [-0.3, -0.25) is 9.59 Å². The minimum Gasteiger partial charge on any atom is -0.490 e. The molecule has 2 aromatic carbocycles. The van der Waals surface area contributed by atoms with Crippen LogP contribution in [-0.4, -0.2) is 43.0 Å². The number of imide groups is 1. The zero-order chi connectivity index (χ0) is 21.1. The summed E-state index contributed by atoms with van der Waals surface area (Å²) in [7, 11) is 0. The lowest BCUT2D eigenvalue weighted by Crippen LogP contribution is -2.34. The second-order valence-electron chi connectivity index (χ2n) is 7.23. The van der Waals surface area contributed by atoms with Crippen LogP contribution in [-0.2, 0) is 9.59 Å². The van der Waals surface area contributed by atoms with Crippen molar-refractivity contribution in [2.45, 2.75) is 26.7 Å². The molecule has 2 aromatic rings. The number of likely N-dealkylation sites (tertiary alicyclic amines) is 1. The molecule has 2 heterocycles. The fourth-order valence-corrected chi connectivity index (χ4v) is 4.03. The van der Waals surface area contributed by atoms with E-state index in [9.17, 15) is 9.59 Å². The molecule has 4 rings (SSSR count). The van der Waals surface area contributed by atoms with Gasteiger partial charge in [-0.2, -0.15) is 0 Å². The number of anilines is 1. The van der Waals surface area contributed by atoms with E-state index in [1.165, 1.54) is 4.90 Å². The van der Waals surface area contributed by atoms with Gasteiger partial charge in [-0.25, -0.2) is 4.90 Å². The number of hydrogen-bond donors (Lipinski definition) is 0. The third kappa shape index (κ3) is 3.54. The molecule has 0 unspecified atom stereocenters. The molecule has 1 saturated heterocycles. The van der Waals surface area contributed by atoms with Crippen molar-refractivity contribution in [2.24, 2.45) is 0 Å². The van der Waals surface area contributed by atoms with E-state index in [4.69, 9.17) is 9.47 Å². The lowest BCUT2D eigenvalue weighted by molar-refractivity contribution is -0.120. The molecular formula is C24H26N2O4. The number of nitrogens with zero attached hydrogens (tertiary/aromatic N) is 2. The molecular weight excluding hydrogens is 380 g/mol. The van der Waals surface area contributed by atoms with Gasteiger partial charge in [0.05, 0.1) is 24.5 Å². The van der Waals surface area contributed by atoms with Crippen molar-refractivity contribution in [3.63, 3.8) is 0 Å². The average molecular weight is 406 g/mol. The highest BCUT2D eigenvalue weighted by atomic mass is 16.5. The number of hydrogen-bond acceptors (Lipinski definition) is 5. The Balaban J connectivity index is 1.77. The molecule has 0 aliphatic carbocycles. The Hall–Kier alpha value is -3.28. The number of carbonyl (C=O) groups is 2. The lowest BCUT2D eigenvalue weighted by atomic mass is 10.0. The molecule has 0 saturated carbocycles. The third-order valence-electron chi connectivity index (χ3n) is 5.33. The van der Waals surface area contributed by atoms with Crippen LogP contribution in [0, 0.1) is 0 Å². The maximum atomic E-state index is 13.5. The minimum atomic E-state index is -0.306. The zero-order valence-electron chi connectivity index (χ0n) is 17.4. The largest absolute Gasteiger partial charge is 0.490 e. The van der Waals surface area contributed by atoms with E-state index in [1.807, 2.05) is 49.1 Å². The van der Waals surface area contributed by atoms with Gasteiger partial charge in [0.2, 0.25) is 0 Å². The van der Waals surface area contributed by atoms with Gasteiger partial charge in [0.25, 0.3) is 11.8 Å². The molecule has 30 heavy (non-hydrogen) atoms. The van der Waals surface area contributed by atoms with E-state index in [0.29, 0.717) is 41.7 Å². The van der Waals surface area contributed by atoms with Crippen LogP contribution in [0.5, 0.6) is 11.5 Å². The van der Waals surface area contributed by atoms with Crippen LogP contribution < -0.4 is 14.4 Å². The van der Waals surface area contributed by atoms with E-state index in [-0.39, 0.29) is 11.8 Å². The monoisotopic (exact) mass is 406 g/mol. The van der Waals surface area contributed by atoms with Crippen LogP contribution in [0.1, 0.15) is 32.3 Å². The highest BCUT2D eigenvalue weighted by Crippen LogP contribution is 2.39. The van der Waals surface area contributed by atoms with Crippen molar-refractivity contribution in [3.8, 4) is 11.5 Å². The Morgan fingerprint density at radius 1 is 0.833 bits per heavy atom. The quantitative estimate of drug-likeness (QED) is 0.654. The van der Waals surface area contributed by atoms with Crippen molar-refractivity contribution in [1.29, 1.82) is 0 Å². The van der Waals surface area contributed by atoms with E-state index in [1.54, 1.807) is 18.2 Å². The van der Waals surface area contributed by atoms with Gasteiger partial charge >= 0.3 is 0 Å². The number of carbonyl (C=O) groups excluding carboxylic acids is 2. The molecule has 2 amide bonds. The molecule has 0 N–H and O–H groups in total. The van der Waals surface area contributed by atoms with Crippen LogP contribution in [0.15, 0.2) is 54.2 Å². The molecule has 156 valence electrons. The van der Waals surface area contributed by atoms with Gasteiger partial charge < -0.3 is 14.4 Å². The van der Waals surface area contributed by atoms with Crippen LogP contribution in [0.3, 0.4) is 0 Å². The highest BCUT2D eigenvalue weighted by molar-refractivity contribution is 6.45.